The SMILES string of the molecule is CC1=NC(c2ccc(F)cc2)(c2ccc(F)cc2)C(=O)N1CCC(=O)O. The molecule has 0 aromatic heterocycles. The molecule has 26 heavy (non-hydrogen) atoms. The van der Waals surface area contributed by atoms with Crippen LogP contribution in [0.2, 0.25) is 0 Å². The fourth-order valence-corrected chi connectivity index (χ4v) is 3.09. The van der Waals surface area contributed by atoms with Crippen LogP contribution in [0.5, 0.6) is 0 Å². The minimum absolute atomic E-state index is 0.0341. The van der Waals surface area contributed by atoms with E-state index in [-0.39, 0.29) is 13.0 Å². The molecule has 1 N–H and O–H groups in total. The lowest BCUT2D eigenvalue weighted by Crippen LogP contribution is -2.42. The van der Waals surface area contributed by atoms with Gasteiger partial charge in [-0.15, -0.1) is 0 Å². The highest BCUT2D eigenvalue weighted by Crippen LogP contribution is 2.40. The third-order valence-corrected chi connectivity index (χ3v) is 4.35. The van der Waals surface area contributed by atoms with E-state index in [4.69, 9.17) is 5.11 Å². The number of hydrogen-bond donors (Lipinski definition) is 1. The smallest absolute Gasteiger partial charge is 0.305 e. The average molecular weight is 358 g/mol. The molecule has 134 valence electrons. The molecular weight excluding hydrogens is 342 g/mol. The molecule has 2 aromatic carbocycles. The summed E-state index contributed by atoms with van der Waals surface area (Å²) in [5, 5.41) is 8.91. The van der Waals surface area contributed by atoms with Gasteiger partial charge in [-0.05, 0) is 42.3 Å². The number of amides is 1. The van der Waals surface area contributed by atoms with Crippen LogP contribution in [0.3, 0.4) is 0 Å². The van der Waals surface area contributed by atoms with E-state index in [0.29, 0.717) is 17.0 Å². The van der Waals surface area contributed by atoms with Gasteiger partial charge in [0.2, 0.25) is 0 Å². The molecule has 0 saturated heterocycles. The third-order valence-electron chi connectivity index (χ3n) is 4.35. The highest BCUT2D eigenvalue weighted by Gasteiger charge is 2.49. The van der Waals surface area contributed by atoms with Gasteiger partial charge >= 0.3 is 5.97 Å². The van der Waals surface area contributed by atoms with Crippen LogP contribution in [0.1, 0.15) is 24.5 Å². The molecule has 1 aliphatic rings. The van der Waals surface area contributed by atoms with Crippen molar-refractivity contribution in [1.29, 1.82) is 0 Å². The van der Waals surface area contributed by atoms with Gasteiger partial charge in [0.05, 0.1) is 6.42 Å². The summed E-state index contributed by atoms with van der Waals surface area (Å²) in [7, 11) is 0. The number of carboxylic acid groups (broad SMARTS) is 1. The number of halogens is 2. The molecule has 1 amide bonds. The second-order valence-corrected chi connectivity index (χ2v) is 5.98. The van der Waals surface area contributed by atoms with Gasteiger partial charge in [0.25, 0.3) is 5.91 Å². The van der Waals surface area contributed by atoms with E-state index in [2.05, 4.69) is 4.99 Å². The zero-order valence-corrected chi connectivity index (χ0v) is 13.9. The minimum atomic E-state index is -1.50. The summed E-state index contributed by atoms with van der Waals surface area (Å²) in [5.41, 5.74) is -0.648. The summed E-state index contributed by atoms with van der Waals surface area (Å²) < 4.78 is 26.7. The summed E-state index contributed by atoms with van der Waals surface area (Å²) in [5.74, 6) is -2.06. The monoisotopic (exact) mass is 358 g/mol. The van der Waals surface area contributed by atoms with Gasteiger partial charge < -0.3 is 5.11 Å². The molecule has 1 heterocycles. The van der Waals surface area contributed by atoms with Gasteiger partial charge in [0, 0.05) is 6.54 Å². The Morgan fingerprint density at radius 2 is 1.50 bits per heavy atom. The van der Waals surface area contributed by atoms with Crippen LogP contribution in [-0.2, 0) is 15.1 Å². The van der Waals surface area contributed by atoms with Crippen LogP contribution in [0, 0.1) is 11.6 Å². The first kappa shape index (κ1) is 17.7. The van der Waals surface area contributed by atoms with E-state index in [9.17, 15) is 18.4 Å². The van der Waals surface area contributed by atoms with Gasteiger partial charge in [-0.3, -0.25) is 14.5 Å². The maximum atomic E-state index is 13.4. The van der Waals surface area contributed by atoms with E-state index < -0.39 is 29.0 Å². The summed E-state index contributed by atoms with van der Waals surface area (Å²) >= 11 is 0. The number of aliphatic carboxylic acids is 1. The van der Waals surface area contributed by atoms with Crippen molar-refractivity contribution in [2.45, 2.75) is 18.9 Å². The molecule has 0 fully saturated rings. The Hall–Kier alpha value is -3.09. The molecular formula is C19H16F2N2O3. The lowest BCUT2D eigenvalue weighted by molar-refractivity contribution is -0.137. The predicted octanol–water partition coefficient (Wildman–Crippen LogP) is 2.94. The normalized spacial score (nSPS) is 15.9. The topological polar surface area (TPSA) is 70.0 Å². The van der Waals surface area contributed by atoms with Gasteiger partial charge in [-0.2, -0.15) is 0 Å². The molecule has 0 spiro atoms. The minimum Gasteiger partial charge on any atom is -0.481 e. The van der Waals surface area contributed by atoms with Crippen molar-refractivity contribution in [2.75, 3.05) is 6.54 Å². The van der Waals surface area contributed by atoms with Gasteiger partial charge in [0.1, 0.15) is 17.5 Å². The Kier molecular flexibility index (Phi) is 4.54. The fourth-order valence-electron chi connectivity index (χ4n) is 3.09. The fraction of sp³-hybridized carbons (Fsp3) is 0.211. The number of carbonyl (C=O) groups is 2. The Morgan fingerprint density at radius 1 is 1.04 bits per heavy atom. The van der Waals surface area contributed by atoms with Crippen molar-refractivity contribution >= 4 is 17.7 Å². The van der Waals surface area contributed by atoms with Crippen LogP contribution in [0.15, 0.2) is 53.5 Å². The van der Waals surface area contributed by atoms with Gasteiger partial charge in [-0.1, -0.05) is 24.3 Å². The maximum Gasteiger partial charge on any atom is 0.305 e. The van der Waals surface area contributed by atoms with Crippen molar-refractivity contribution in [3.05, 3.63) is 71.3 Å². The summed E-state index contributed by atoms with van der Waals surface area (Å²) in [6, 6.07) is 10.7. The number of benzene rings is 2. The molecule has 5 nitrogen and oxygen atoms in total. The van der Waals surface area contributed by atoms with Crippen LogP contribution >= 0.6 is 0 Å². The quantitative estimate of drug-likeness (QED) is 0.893. The molecule has 0 atom stereocenters. The van der Waals surface area contributed by atoms with Crippen molar-refractivity contribution in [2.24, 2.45) is 4.99 Å². The number of carbonyl (C=O) groups excluding carboxylic acids is 1. The largest absolute Gasteiger partial charge is 0.481 e. The zero-order chi connectivity index (χ0) is 18.9. The number of carboxylic acids is 1. The molecule has 0 radical (unpaired) electrons. The van der Waals surface area contributed by atoms with Crippen molar-refractivity contribution < 1.29 is 23.5 Å². The second-order valence-electron chi connectivity index (χ2n) is 5.98. The highest BCUT2D eigenvalue weighted by molar-refractivity contribution is 6.09. The molecule has 0 aliphatic carbocycles. The summed E-state index contributed by atoms with van der Waals surface area (Å²) in [6.07, 6.45) is -0.235. The lowest BCUT2D eigenvalue weighted by Gasteiger charge is -2.27. The Labute approximate surface area is 148 Å². The molecule has 2 aromatic rings. The van der Waals surface area contributed by atoms with Crippen LogP contribution in [-0.4, -0.2) is 34.3 Å². The lowest BCUT2D eigenvalue weighted by atomic mass is 9.82. The number of aliphatic imine (C=N–C) groups is 1. The molecule has 3 rings (SSSR count). The number of hydrogen-bond acceptors (Lipinski definition) is 3. The van der Waals surface area contributed by atoms with Crippen molar-refractivity contribution in [3.63, 3.8) is 0 Å². The van der Waals surface area contributed by atoms with Crippen molar-refractivity contribution in [3.8, 4) is 0 Å². The Balaban J connectivity index is 2.13. The first-order chi connectivity index (χ1) is 12.3. The van der Waals surface area contributed by atoms with Crippen LogP contribution < -0.4 is 0 Å². The van der Waals surface area contributed by atoms with E-state index in [0.717, 1.165) is 0 Å². The number of nitrogens with zero attached hydrogens (tertiary/aromatic N) is 2. The summed E-state index contributed by atoms with van der Waals surface area (Å²) in [6.45, 7) is 1.57. The number of amidine groups is 1. The van der Waals surface area contributed by atoms with Crippen LogP contribution in [0.25, 0.3) is 0 Å². The zero-order valence-electron chi connectivity index (χ0n) is 13.9. The molecule has 7 heteroatoms. The second kappa shape index (κ2) is 6.67. The first-order valence-corrected chi connectivity index (χ1v) is 7.97. The molecule has 1 aliphatic heterocycles. The molecule has 0 unspecified atom stereocenters. The first-order valence-electron chi connectivity index (χ1n) is 7.97. The van der Waals surface area contributed by atoms with Crippen LogP contribution in [0.4, 0.5) is 8.78 Å². The molecule has 0 bridgehead atoms. The number of rotatable bonds is 5. The summed E-state index contributed by atoms with van der Waals surface area (Å²) in [4.78, 5) is 29.9. The maximum absolute atomic E-state index is 13.4. The van der Waals surface area contributed by atoms with E-state index in [1.807, 2.05) is 0 Å². The van der Waals surface area contributed by atoms with E-state index in [1.54, 1.807) is 6.92 Å². The van der Waals surface area contributed by atoms with Crippen molar-refractivity contribution in [1.82, 2.24) is 4.90 Å². The van der Waals surface area contributed by atoms with Gasteiger partial charge in [0.15, 0.2) is 5.54 Å². The van der Waals surface area contributed by atoms with E-state index >= 15 is 0 Å². The Bertz CT molecular complexity index is 831. The predicted molar refractivity (Wildman–Crippen MR) is 90.7 cm³/mol. The average Bonchev–Trinajstić information content (AvgIpc) is 2.86. The van der Waals surface area contributed by atoms with E-state index in [1.165, 1.54) is 53.4 Å². The van der Waals surface area contributed by atoms with Gasteiger partial charge in [-0.25, -0.2) is 13.8 Å². The standard InChI is InChI=1S/C19H16F2N2O3/c1-12-22-19(13-2-6-15(20)7-3-13,14-4-8-16(21)9-5-14)18(26)23(12)11-10-17(24)25/h2-9H,10-11H2,1H3,(H,24,25). The Morgan fingerprint density at radius 3 is 1.92 bits per heavy atom. The third kappa shape index (κ3) is 2.96. The highest BCUT2D eigenvalue weighted by atomic mass is 19.1. The molecule has 0 saturated carbocycles.